The molecule has 1 atom stereocenters. The van der Waals surface area contributed by atoms with Gasteiger partial charge in [-0.1, -0.05) is 13.3 Å². The molecule has 0 bridgehead atoms. The summed E-state index contributed by atoms with van der Waals surface area (Å²) in [5.41, 5.74) is 5.39. The predicted molar refractivity (Wildman–Crippen MR) is 48.2 cm³/mol. The van der Waals surface area contributed by atoms with Crippen LogP contribution in [0.1, 0.15) is 25.8 Å². The van der Waals surface area contributed by atoms with Crippen LogP contribution in [0.4, 0.5) is 5.82 Å². The van der Waals surface area contributed by atoms with E-state index in [1.54, 1.807) is 0 Å². The minimum Gasteiger partial charge on any atom is -0.480 e. The first-order valence-corrected chi connectivity index (χ1v) is 4.17. The lowest BCUT2D eigenvalue weighted by molar-refractivity contribution is -0.141. The molecule has 3 N–H and O–H groups in total. The van der Waals surface area contributed by atoms with E-state index in [0.717, 1.165) is 6.42 Å². The van der Waals surface area contributed by atoms with Crippen molar-refractivity contribution in [2.45, 2.75) is 25.8 Å². The summed E-state index contributed by atoms with van der Waals surface area (Å²) in [6, 6.07) is -0.546. The number of hydrogen-bond acceptors (Lipinski definition) is 3. The monoisotopic (exact) mass is 183 g/mol. The van der Waals surface area contributed by atoms with E-state index in [2.05, 4.69) is 4.98 Å². The fourth-order valence-electron chi connectivity index (χ4n) is 1.20. The van der Waals surface area contributed by atoms with Gasteiger partial charge in [-0.3, -0.25) is 0 Å². The van der Waals surface area contributed by atoms with Crippen LogP contribution in [0.5, 0.6) is 0 Å². The molecule has 1 rings (SSSR count). The van der Waals surface area contributed by atoms with Gasteiger partial charge in [0.2, 0.25) is 0 Å². The van der Waals surface area contributed by atoms with Crippen molar-refractivity contribution in [3.8, 4) is 0 Å². The van der Waals surface area contributed by atoms with Gasteiger partial charge in [0.15, 0.2) is 0 Å². The topological polar surface area (TPSA) is 81.1 Å². The molecule has 72 valence electrons. The van der Waals surface area contributed by atoms with Gasteiger partial charge in [-0.25, -0.2) is 9.78 Å². The highest BCUT2D eigenvalue weighted by atomic mass is 16.4. The number of imidazole rings is 1. The molecule has 5 nitrogen and oxygen atoms in total. The number of aromatic nitrogens is 2. The Morgan fingerprint density at radius 3 is 2.92 bits per heavy atom. The van der Waals surface area contributed by atoms with E-state index in [1.165, 1.54) is 17.1 Å². The van der Waals surface area contributed by atoms with Crippen molar-refractivity contribution in [2.75, 3.05) is 5.73 Å². The summed E-state index contributed by atoms with van der Waals surface area (Å²) in [7, 11) is 0. The fourth-order valence-corrected chi connectivity index (χ4v) is 1.20. The van der Waals surface area contributed by atoms with E-state index in [-0.39, 0.29) is 0 Å². The Kier molecular flexibility index (Phi) is 2.89. The first-order chi connectivity index (χ1) is 6.15. The predicted octanol–water partition coefficient (Wildman–Crippen LogP) is 0.891. The number of carbonyl (C=O) groups is 1. The largest absolute Gasteiger partial charge is 0.480 e. The molecular formula is C8H13N3O2. The average molecular weight is 183 g/mol. The highest BCUT2D eigenvalue weighted by molar-refractivity contribution is 5.71. The average Bonchev–Trinajstić information content (AvgIpc) is 2.46. The van der Waals surface area contributed by atoms with E-state index in [0.29, 0.717) is 12.2 Å². The van der Waals surface area contributed by atoms with Crippen LogP contribution in [0.2, 0.25) is 0 Å². The van der Waals surface area contributed by atoms with Crippen molar-refractivity contribution in [1.82, 2.24) is 9.55 Å². The van der Waals surface area contributed by atoms with Gasteiger partial charge in [-0.05, 0) is 6.42 Å². The number of nitrogens with zero attached hydrogens (tertiary/aromatic N) is 2. The van der Waals surface area contributed by atoms with Crippen LogP contribution in [-0.2, 0) is 4.79 Å². The highest BCUT2D eigenvalue weighted by Gasteiger charge is 2.17. The Morgan fingerprint density at radius 1 is 1.85 bits per heavy atom. The molecule has 1 aromatic rings. The molecule has 0 fully saturated rings. The van der Waals surface area contributed by atoms with Crippen LogP contribution < -0.4 is 5.73 Å². The van der Waals surface area contributed by atoms with Crippen LogP contribution in [0.3, 0.4) is 0 Å². The van der Waals surface area contributed by atoms with Crippen molar-refractivity contribution in [3.05, 3.63) is 12.5 Å². The van der Waals surface area contributed by atoms with E-state index < -0.39 is 12.0 Å². The molecule has 0 spiro atoms. The summed E-state index contributed by atoms with van der Waals surface area (Å²) < 4.78 is 1.53. The van der Waals surface area contributed by atoms with Crippen LogP contribution in [-0.4, -0.2) is 20.6 Å². The Balaban J connectivity index is 2.81. The second kappa shape index (κ2) is 3.93. The van der Waals surface area contributed by atoms with Gasteiger partial charge in [0, 0.05) is 6.20 Å². The molecule has 0 aliphatic heterocycles. The summed E-state index contributed by atoms with van der Waals surface area (Å²) >= 11 is 0. The summed E-state index contributed by atoms with van der Waals surface area (Å²) in [4.78, 5) is 14.6. The van der Waals surface area contributed by atoms with Crippen LogP contribution in [0, 0.1) is 0 Å². The van der Waals surface area contributed by atoms with Crippen molar-refractivity contribution >= 4 is 11.8 Å². The van der Waals surface area contributed by atoms with E-state index in [1.807, 2.05) is 6.92 Å². The smallest absolute Gasteiger partial charge is 0.326 e. The Morgan fingerprint density at radius 2 is 2.54 bits per heavy atom. The van der Waals surface area contributed by atoms with Crippen molar-refractivity contribution in [2.24, 2.45) is 0 Å². The number of rotatable bonds is 4. The maximum Gasteiger partial charge on any atom is 0.326 e. The third-order valence-electron chi connectivity index (χ3n) is 1.83. The Labute approximate surface area is 76.2 Å². The fraction of sp³-hybridized carbons (Fsp3) is 0.500. The molecule has 0 radical (unpaired) electrons. The van der Waals surface area contributed by atoms with Crippen molar-refractivity contribution in [1.29, 1.82) is 0 Å². The highest BCUT2D eigenvalue weighted by Crippen LogP contribution is 2.14. The number of hydrogen-bond donors (Lipinski definition) is 2. The van der Waals surface area contributed by atoms with Gasteiger partial charge in [0.05, 0.1) is 6.33 Å². The number of anilines is 1. The van der Waals surface area contributed by atoms with Crippen molar-refractivity contribution in [3.63, 3.8) is 0 Å². The molecule has 1 unspecified atom stereocenters. The van der Waals surface area contributed by atoms with Gasteiger partial charge in [0.25, 0.3) is 0 Å². The van der Waals surface area contributed by atoms with Gasteiger partial charge in [-0.15, -0.1) is 0 Å². The molecule has 13 heavy (non-hydrogen) atoms. The minimum absolute atomic E-state index is 0.349. The number of carboxylic acids is 1. The first-order valence-electron chi connectivity index (χ1n) is 4.17. The summed E-state index contributed by atoms with van der Waals surface area (Å²) in [6.07, 6.45) is 4.39. The molecule has 1 aromatic heterocycles. The van der Waals surface area contributed by atoms with Gasteiger partial charge < -0.3 is 15.4 Å². The standard InChI is InChI=1S/C8H13N3O2/c1-2-3-6(8(12)13)11-4-7(9)10-5-11/h4-6H,2-3,9H2,1H3,(H,12,13). The zero-order chi connectivity index (χ0) is 9.84. The Bertz CT molecular complexity index is 295. The minimum atomic E-state index is -0.848. The quantitative estimate of drug-likeness (QED) is 0.726. The van der Waals surface area contributed by atoms with Gasteiger partial charge >= 0.3 is 5.97 Å². The van der Waals surface area contributed by atoms with Crippen molar-refractivity contribution < 1.29 is 9.90 Å². The lowest BCUT2D eigenvalue weighted by Gasteiger charge is -2.11. The first kappa shape index (κ1) is 9.57. The maximum absolute atomic E-state index is 10.8. The zero-order valence-corrected chi connectivity index (χ0v) is 7.47. The molecule has 0 aliphatic carbocycles. The molecule has 0 amide bonds. The summed E-state index contributed by atoms with van der Waals surface area (Å²) in [6.45, 7) is 1.94. The number of nitrogen functional groups attached to an aromatic ring is 1. The number of aliphatic carboxylic acids is 1. The maximum atomic E-state index is 10.8. The third kappa shape index (κ3) is 2.21. The van der Waals surface area contributed by atoms with E-state index in [4.69, 9.17) is 10.8 Å². The summed E-state index contributed by atoms with van der Waals surface area (Å²) in [5.74, 6) is -0.499. The molecular weight excluding hydrogens is 170 g/mol. The molecule has 5 heteroatoms. The molecule has 1 heterocycles. The zero-order valence-electron chi connectivity index (χ0n) is 7.47. The van der Waals surface area contributed by atoms with E-state index in [9.17, 15) is 4.79 Å². The lowest BCUT2D eigenvalue weighted by atomic mass is 10.2. The van der Waals surface area contributed by atoms with Crippen LogP contribution in [0.15, 0.2) is 12.5 Å². The number of nitrogens with two attached hydrogens (primary N) is 1. The third-order valence-corrected chi connectivity index (χ3v) is 1.83. The molecule has 0 saturated heterocycles. The Hall–Kier alpha value is -1.52. The number of carboxylic acid groups (broad SMARTS) is 1. The SMILES string of the molecule is CCCC(C(=O)O)n1cnc(N)c1. The van der Waals surface area contributed by atoms with Gasteiger partial charge in [0.1, 0.15) is 11.9 Å². The summed E-state index contributed by atoms with van der Waals surface area (Å²) in [5, 5.41) is 8.88. The molecule has 0 saturated carbocycles. The van der Waals surface area contributed by atoms with Crippen LogP contribution >= 0.6 is 0 Å². The van der Waals surface area contributed by atoms with E-state index >= 15 is 0 Å². The lowest BCUT2D eigenvalue weighted by Crippen LogP contribution is -2.17. The molecule has 0 aliphatic rings. The molecule has 0 aromatic carbocycles. The van der Waals surface area contributed by atoms with Gasteiger partial charge in [-0.2, -0.15) is 0 Å². The second-order valence-corrected chi connectivity index (χ2v) is 2.89. The second-order valence-electron chi connectivity index (χ2n) is 2.89. The normalized spacial score (nSPS) is 12.7. The van der Waals surface area contributed by atoms with Crippen LogP contribution in [0.25, 0.3) is 0 Å².